The molecule has 36 heavy (non-hydrogen) atoms. The normalized spacial score (nSPS) is 13.9. The van der Waals surface area contributed by atoms with Gasteiger partial charge in [0.25, 0.3) is 0 Å². The topological polar surface area (TPSA) is 30.5 Å². The number of benzene rings is 5. The van der Waals surface area contributed by atoms with Gasteiger partial charge in [0.05, 0.1) is 5.69 Å². The van der Waals surface area contributed by atoms with E-state index in [-0.39, 0.29) is 5.41 Å². The fourth-order valence-corrected chi connectivity index (χ4v) is 5.69. The summed E-state index contributed by atoms with van der Waals surface area (Å²) in [5.41, 5.74) is 9.50. The molecule has 0 radical (unpaired) electrons. The van der Waals surface area contributed by atoms with Crippen LogP contribution in [0.2, 0.25) is 0 Å². The van der Waals surface area contributed by atoms with Gasteiger partial charge in [0.15, 0.2) is 23.0 Å². The fraction of sp³-hybridized carbons (Fsp3) is 0.0909. The summed E-state index contributed by atoms with van der Waals surface area (Å²) in [6.07, 6.45) is 0. The summed E-state index contributed by atoms with van der Waals surface area (Å²) in [7, 11) is 0. The molecule has 3 nitrogen and oxygen atoms in total. The molecule has 5 aromatic rings. The molecule has 0 amide bonds. The zero-order valence-electron chi connectivity index (χ0n) is 20.2. The molecule has 1 aliphatic heterocycles. The molecule has 3 heteroatoms. The van der Waals surface area contributed by atoms with Gasteiger partial charge in [0, 0.05) is 11.1 Å². The lowest BCUT2D eigenvalue weighted by Crippen LogP contribution is -2.17. The SMILES string of the molecule is CC1(C)c2cccc(-c3ccccc3)c2-c2cccc(Nc3cccc4c3Oc3ccccc3O4)c21. The quantitative estimate of drug-likeness (QED) is 0.281. The van der Waals surface area contributed by atoms with Crippen LogP contribution in [0.1, 0.15) is 25.0 Å². The van der Waals surface area contributed by atoms with Crippen molar-refractivity contribution in [1.82, 2.24) is 0 Å². The van der Waals surface area contributed by atoms with Crippen molar-refractivity contribution in [3.63, 3.8) is 0 Å². The molecule has 1 heterocycles. The van der Waals surface area contributed by atoms with E-state index in [1.165, 1.54) is 33.4 Å². The molecule has 1 N–H and O–H groups in total. The maximum atomic E-state index is 6.30. The third-order valence-electron chi connectivity index (χ3n) is 7.31. The summed E-state index contributed by atoms with van der Waals surface area (Å²) in [4.78, 5) is 0. The minimum atomic E-state index is -0.169. The maximum Gasteiger partial charge on any atom is 0.193 e. The number of fused-ring (bicyclic) bond motifs is 5. The van der Waals surface area contributed by atoms with Crippen LogP contribution in [0, 0.1) is 0 Å². The smallest absolute Gasteiger partial charge is 0.193 e. The molecule has 0 fully saturated rings. The van der Waals surface area contributed by atoms with Crippen molar-refractivity contribution in [2.45, 2.75) is 19.3 Å². The zero-order chi connectivity index (χ0) is 24.3. The molecule has 0 saturated heterocycles. The van der Waals surface area contributed by atoms with Crippen molar-refractivity contribution < 1.29 is 9.47 Å². The second-order valence-electron chi connectivity index (χ2n) is 9.86. The Morgan fingerprint density at radius 3 is 2.03 bits per heavy atom. The van der Waals surface area contributed by atoms with Gasteiger partial charge in [-0.15, -0.1) is 0 Å². The molecule has 0 atom stereocenters. The summed E-state index contributed by atoms with van der Waals surface area (Å²) < 4.78 is 12.4. The van der Waals surface area contributed by atoms with E-state index in [1.54, 1.807) is 0 Å². The fourth-order valence-electron chi connectivity index (χ4n) is 5.69. The van der Waals surface area contributed by atoms with Crippen LogP contribution in [-0.2, 0) is 5.41 Å². The third-order valence-corrected chi connectivity index (χ3v) is 7.31. The molecule has 0 bridgehead atoms. The highest BCUT2D eigenvalue weighted by Gasteiger charge is 2.39. The largest absolute Gasteiger partial charge is 0.449 e. The number of ether oxygens (including phenoxy) is 2. The van der Waals surface area contributed by atoms with Crippen LogP contribution in [0.5, 0.6) is 23.0 Å². The van der Waals surface area contributed by atoms with E-state index in [0.29, 0.717) is 11.5 Å². The summed E-state index contributed by atoms with van der Waals surface area (Å²) in [6.45, 7) is 4.63. The Balaban J connectivity index is 1.36. The first-order valence-electron chi connectivity index (χ1n) is 12.3. The molecule has 0 spiro atoms. The standard InChI is InChI=1S/C33H25NO2/c1-33(2)24-15-8-13-22(21-11-4-3-5-12-21)30(24)23-14-9-16-25(31(23)33)34-26-17-10-20-29-32(26)36-28-19-7-6-18-27(28)35-29/h3-20,34H,1-2H3. The minimum absolute atomic E-state index is 0.169. The van der Waals surface area contributed by atoms with Crippen molar-refractivity contribution in [1.29, 1.82) is 0 Å². The monoisotopic (exact) mass is 467 g/mol. The summed E-state index contributed by atoms with van der Waals surface area (Å²) in [5.74, 6) is 2.86. The van der Waals surface area contributed by atoms with Crippen LogP contribution in [-0.4, -0.2) is 0 Å². The van der Waals surface area contributed by atoms with Crippen LogP contribution in [0.15, 0.2) is 109 Å². The second kappa shape index (κ2) is 7.76. The predicted octanol–water partition coefficient (Wildman–Crippen LogP) is 9.30. The van der Waals surface area contributed by atoms with Crippen LogP contribution in [0.3, 0.4) is 0 Å². The molecule has 1 aliphatic carbocycles. The van der Waals surface area contributed by atoms with E-state index < -0.39 is 0 Å². The lowest BCUT2D eigenvalue weighted by molar-refractivity contribution is 0.361. The van der Waals surface area contributed by atoms with Crippen molar-refractivity contribution in [3.05, 3.63) is 120 Å². The Hall–Kier alpha value is -4.50. The van der Waals surface area contributed by atoms with Gasteiger partial charge in [-0.3, -0.25) is 0 Å². The van der Waals surface area contributed by atoms with Gasteiger partial charge >= 0.3 is 0 Å². The van der Waals surface area contributed by atoms with E-state index in [9.17, 15) is 0 Å². The number of hydrogen-bond acceptors (Lipinski definition) is 3. The van der Waals surface area contributed by atoms with E-state index >= 15 is 0 Å². The first-order chi connectivity index (χ1) is 17.6. The van der Waals surface area contributed by atoms with Crippen molar-refractivity contribution >= 4 is 11.4 Å². The number of hydrogen-bond donors (Lipinski definition) is 1. The van der Waals surface area contributed by atoms with Gasteiger partial charge in [-0.1, -0.05) is 92.7 Å². The number of nitrogens with one attached hydrogen (secondary N) is 1. The lowest BCUT2D eigenvalue weighted by atomic mass is 9.81. The number of anilines is 2. The lowest BCUT2D eigenvalue weighted by Gasteiger charge is -2.26. The Labute approximate surface area is 211 Å². The van der Waals surface area contributed by atoms with Gasteiger partial charge in [0.2, 0.25) is 0 Å². The molecule has 7 rings (SSSR count). The molecule has 174 valence electrons. The van der Waals surface area contributed by atoms with Crippen molar-refractivity contribution in [2.75, 3.05) is 5.32 Å². The zero-order valence-corrected chi connectivity index (χ0v) is 20.2. The number of para-hydroxylation sites is 3. The molecule has 0 aromatic heterocycles. The first kappa shape index (κ1) is 20.8. The maximum absolute atomic E-state index is 6.30. The Kier molecular flexibility index (Phi) is 4.49. The highest BCUT2D eigenvalue weighted by molar-refractivity contribution is 5.95. The van der Waals surface area contributed by atoms with E-state index in [1.807, 2.05) is 42.5 Å². The van der Waals surface area contributed by atoms with Gasteiger partial charge in [-0.2, -0.15) is 0 Å². The van der Waals surface area contributed by atoms with Gasteiger partial charge in [-0.05, 0) is 63.7 Å². The van der Waals surface area contributed by atoms with Crippen molar-refractivity contribution in [3.8, 4) is 45.3 Å². The van der Waals surface area contributed by atoms with Crippen LogP contribution in [0.4, 0.5) is 11.4 Å². The minimum Gasteiger partial charge on any atom is -0.449 e. The number of rotatable bonds is 3. The van der Waals surface area contributed by atoms with Crippen LogP contribution in [0.25, 0.3) is 22.3 Å². The summed E-state index contributed by atoms with van der Waals surface area (Å²) in [6, 6.07) is 37.6. The van der Waals surface area contributed by atoms with E-state index in [0.717, 1.165) is 22.9 Å². The average Bonchev–Trinajstić information content (AvgIpc) is 3.16. The molecule has 5 aromatic carbocycles. The molecule has 0 saturated carbocycles. The van der Waals surface area contributed by atoms with E-state index in [4.69, 9.17) is 9.47 Å². The van der Waals surface area contributed by atoms with Gasteiger partial charge < -0.3 is 14.8 Å². The highest BCUT2D eigenvalue weighted by atomic mass is 16.6. The molecular weight excluding hydrogens is 442 g/mol. The highest BCUT2D eigenvalue weighted by Crippen LogP contribution is 2.55. The average molecular weight is 468 g/mol. The predicted molar refractivity (Wildman–Crippen MR) is 146 cm³/mol. The van der Waals surface area contributed by atoms with Crippen molar-refractivity contribution in [2.24, 2.45) is 0 Å². The van der Waals surface area contributed by atoms with Crippen LogP contribution >= 0.6 is 0 Å². The van der Waals surface area contributed by atoms with E-state index in [2.05, 4.69) is 85.9 Å². The molecule has 0 unspecified atom stereocenters. The molecular formula is C33H25NO2. The summed E-state index contributed by atoms with van der Waals surface area (Å²) >= 11 is 0. The Bertz CT molecular complexity index is 1640. The Morgan fingerprint density at radius 2 is 1.19 bits per heavy atom. The summed E-state index contributed by atoms with van der Waals surface area (Å²) in [5, 5.41) is 3.71. The second-order valence-corrected chi connectivity index (χ2v) is 9.86. The third kappa shape index (κ3) is 3.06. The Morgan fingerprint density at radius 1 is 0.556 bits per heavy atom. The van der Waals surface area contributed by atoms with Gasteiger partial charge in [-0.25, -0.2) is 0 Å². The van der Waals surface area contributed by atoms with Crippen LogP contribution < -0.4 is 14.8 Å². The first-order valence-corrected chi connectivity index (χ1v) is 12.3. The molecule has 2 aliphatic rings. The van der Waals surface area contributed by atoms with Gasteiger partial charge in [0.1, 0.15) is 0 Å².